The fourth-order valence-electron chi connectivity index (χ4n) is 2.41. The van der Waals surface area contributed by atoms with Crippen LogP contribution < -0.4 is 5.06 Å². The number of amides is 1. The third-order valence-electron chi connectivity index (χ3n) is 3.32. The summed E-state index contributed by atoms with van der Waals surface area (Å²) in [4.78, 5) is 15.3. The van der Waals surface area contributed by atoms with Gasteiger partial charge in [0.25, 0.3) is 5.91 Å². The molecule has 4 heteroatoms. The summed E-state index contributed by atoms with van der Waals surface area (Å²) in [6, 6.07) is 9.23. The van der Waals surface area contributed by atoms with Crippen LogP contribution >= 0.6 is 0 Å². The first-order valence-corrected chi connectivity index (χ1v) is 6.08. The normalized spacial score (nSPS) is 16.3. The summed E-state index contributed by atoms with van der Waals surface area (Å²) in [7, 11) is 0. The molecule has 0 saturated heterocycles. The lowest BCUT2D eigenvalue weighted by atomic mass is 10.1. The Hall–Kier alpha value is -2.33. The van der Waals surface area contributed by atoms with E-state index in [9.17, 15) is 10.0 Å². The number of nitrogens with one attached hydrogen (secondary N) is 1. The molecule has 19 heavy (non-hydrogen) atoms. The number of carbonyl (C=O) groups is 1. The van der Waals surface area contributed by atoms with Gasteiger partial charge in [-0.05, 0) is 37.6 Å². The molecule has 0 aliphatic carbocycles. The van der Waals surface area contributed by atoms with Crippen molar-refractivity contribution in [3.05, 3.63) is 52.8 Å². The summed E-state index contributed by atoms with van der Waals surface area (Å²) in [6.45, 7) is 3.95. The molecular formula is C15H14N2O2. The minimum absolute atomic E-state index is 0.396. The quantitative estimate of drug-likeness (QED) is 0.607. The number of aromatic amines is 1. The van der Waals surface area contributed by atoms with Crippen LogP contribution in [0.3, 0.4) is 0 Å². The third kappa shape index (κ3) is 1.77. The van der Waals surface area contributed by atoms with Crippen LogP contribution in [0.5, 0.6) is 0 Å². The van der Waals surface area contributed by atoms with Gasteiger partial charge in [0.15, 0.2) is 0 Å². The van der Waals surface area contributed by atoms with Crippen molar-refractivity contribution in [2.45, 2.75) is 13.8 Å². The average molecular weight is 254 g/mol. The lowest BCUT2D eigenvalue weighted by molar-refractivity contribution is -0.117. The second kappa shape index (κ2) is 4.10. The Kier molecular flexibility index (Phi) is 2.54. The number of para-hydroxylation sites is 1. The zero-order chi connectivity index (χ0) is 13.6. The summed E-state index contributed by atoms with van der Waals surface area (Å²) >= 11 is 0. The minimum Gasteiger partial charge on any atom is -0.359 e. The highest BCUT2D eigenvalue weighted by molar-refractivity contribution is 6.34. The number of hydroxylamine groups is 1. The van der Waals surface area contributed by atoms with E-state index in [-0.39, 0.29) is 0 Å². The highest BCUT2D eigenvalue weighted by Crippen LogP contribution is 2.36. The molecule has 1 amide bonds. The second-order valence-corrected chi connectivity index (χ2v) is 4.74. The van der Waals surface area contributed by atoms with Gasteiger partial charge in [-0.25, -0.2) is 0 Å². The molecule has 0 saturated carbocycles. The summed E-state index contributed by atoms with van der Waals surface area (Å²) in [5, 5.41) is 10.5. The molecule has 0 spiro atoms. The van der Waals surface area contributed by atoms with Crippen LogP contribution in [0.4, 0.5) is 5.69 Å². The molecular weight excluding hydrogens is 240 g/mol. The van der Waals surface area contributed by atoms with E-state index in [1.807, 2.05) is 32.0 Å². The molecule has 4 nitrogen and oxygen atoms in total. The molecule has 3 rings (SSSR count). The predicted octanol–water partition coefficient (Wildman–Crippen LogP) is 2.91. The maximum Gasteiger partial charge on any atom is 0.282 e. The number of benzene rings is 1. The van der Waals surface area contributed by atoms with Gasteiger partial charge >= 0.3 is 0 Å². The van der Waals surface area contributed by atoms with E-state index < -0.39 is 5.91 Å². The Morgan fingerprint density at radius 2 is 2.00 bits per heavy atom. The first-order chi connectivity index (χ1) is 9.08. The van der Waals surface area contributed by atoms with E-state index >= 15 is 0 Å². The molecule has 1 aliphatic rings. The van der Waals surface area contributed by atoms with Gasteiger partial charge in [0.1, 0.15) is 0 Å². The standard InChI is InChI=1S/C15H14N2O2/c1-9-7-10(2)16-13(9)8-12-11-5-3-4-6-14(11)17(19)15(12)18/h3-8,16,19H,1-2H3/b12-8+. The van der Waals surface area contributed by atoms with Crippen molar-refractivity contribution in [3.8, 4) is 0 Å². The van der Waals surface area contributed by atoms with E-state index in [0.29, 0.717) is 16.3 Å². The van der Waals surface area contributed by atoms with E-state index in [0.717, 1.165) is 22.5 Å². The van der Waals surface area contributed by atoms with Crippen LogP contribution in [0.2, 0.25) is 0 Å². The first kappa shape index (κ1) is 11.7. The number of aryl methyl sites for hydroxylation is 2. The summed E-state index contributed by atoms with van der Waals surface area (Å²) in [6.07, 6.45) is 1.79. The van der Waals surface area contributed by atoms with E-state index in [2.05, 4.69) is 4.98 Å². The monoisotopic (exact) mass is 254 g/mol. The van der Waals surface area contributed by atoms with Gasteiger partial charge in [0, 0.05) is 17.0 Å². The van der Waals surface area contributed by atoms with Gasteiger partial charge in [-0.2, -0.15) is 5.06 Å². The highest BCUT2D eigenvalue weighted by atomic mass is 16.5. The van der Waals surface area contributed by atoms with Gasteiger partial charge < -0.3 is 4.98 Å². The lowest BCUT2D eigenvalue weighted by Crippen LogP contribution is -2.21. The van der Waals surface area contributed by atoms with Crippen molar-refractivity contribution >= 4 is 23.2 Å². The Labute approximate surface area is 110 Å². The molecule has 96 valence electrons. The van der Waals surface area contributed by atoms with Gasteiger partial charge in [0.2, 0.25) is 0 Å². The lowest BCUT2D eigenvalue weighted by Gasteiger charge is -2.05. The van der Waals surface area contributed by atoms with Crippen molar-refractivity contribution in [2.24, 2.45) is 0 Å². The van der Waals surface area contributed by atoms with Crippen molar-refractivity contribution < 1.29 is 10.0 Å². The SMILES string of the molecule is Cc1cc(C)c(/C=C2/C(=O)N(O)c3ccccc32)[nH]1. The molecule has 2 aromatic rings. The summed E-state index contributed by atoms with van der Waals surface area (Å²) in [5.74, 6) is -0.396. The Morgan fingerprint density at radius 3 is 2.68 bits per heavy atom. The van der Waals surface area contributed by atoms with E-state index in [4.69, 9.17) is 0 Å². The van der Waals surface area contributed by atoms with Crippen molar-refractivity contribution in [3.63, 3.8) is 0 Å². The van der Waals surface area contributed by atoms with Gasteiger partial charge in [-0.3, -0.25) is 10.0 Å². The zero-order valence-corrected chi connectivity index (χ0v) is 10.8. The number of rotatable bonds is 1. The Morgan fingerprint density at radius 1 is 1.26 bits per heavy atom. The van der Waals surface area contributed by atoms with Crippen molar-refractivity contribution in [2.75, 3.05) is 5.06 Å². The Bertz CT molecular complexity index is 698. The maximum absolute atomic E-state index is 12.1. The van der Waals surface area contributed by atoms with Crippen LogP contribution in [0.25, 0.3) is 11.6 Å². The third-order valence-corrected chi connectivity index (χ3v) is 3.32. The molecule has 1 aliphatic heterocycles. The number of fused-ring (bicyclic) bond motifs is 1. The zero-order valence-electron chi connectivity index (χ0n) is 10.8. The molecule has 0 fully saturated rings. The predicted molar refractivity (Wildman–Crippen MR) is 73.9 cm³/mol. The van der Waals surface area contributed by atoms with Crippen molar-refractivity contribution in [1.29, 1.82) is 0 Å². The van der Waals surface area contributed by atoms with Crippen LogP contribution in [0.1, 0.15) is 22.5 Å². The number of H-pyrrole nitrogens is 1. The minimum atomic E-state index is -0.396. The van der Waals surface area contributed by atoms with E-state index in [1.54, 1.807) is 18.2 Å². The molecule has 0 radical (unpaired) electrons. The highest BCUT2D eigenvalue weighted by Gasteiger charge is 2.31. The number of carbonyl (C=O) groups excluding carboxylic acids is 1. The van der Waals surface area contributed by atoms with Gasteiger partial charge in [-0.1, -0.05) is 18.2 Å². The van der Waals surface area contributed by atoms with E-state index in [1.165, 1.54) is 0 Å². The molecule has 0 atom stereocenters. The fraction of sp³-hybridized carbons (Fsp3) is 0.133. The molecule has 0 bridgehead atoms. The fourth-order valence-corrected chi connectivity index (χ4v) is 2.41. The largest absolute Gasteiger partial charge is 0.359 e. The number of anilines is 1. The first-order valence-electron chi connectivity index (χ1n) is 6.08. The van der Waals surface area contributed by atoms with Gasteiger partial charge in [0.05, 0.1) is 11.3 Å². The van der Waals surface area contributed by atoms with Gasteiger partial charge in [-0.15, -0.1) is 0 Å². The number of aromatic nitrogens is 1. The number of hydrogen-bond acceptors (Lipinski definition) is 2. The Balaban J connectivity index is 2.16. The molecule has 2 heterocycles. The maximum atomic E-state index is 12.1. The molecule has 0 unspecified atom stereocenters. The smallest absolute Gasteiger partial charge is 0.282 e. The molecule has 2 N–H and O–H groups in total. The van der Waals surface area contributed by atoms with Crippen LogP contribution in [-0.2, 0) is 4.79 Å². The number of nitrogens with zero attached hydrogens (tertiary/aromatic N) is 1. The second-order valence-electron chi connectivity index (χ2n) is 4.74. The summed E-state index contributed by atoms with van der Waals surface area (Å²) in [5.41, 5.74) is 4.80. The van der Waals surface area contributed by atoms with Crippen LogP contribution in [0, 0.1) is 13.8 Å². The average Bonchev–Trinajstić information content (AvgIpc) is 2.83. The van der Waals surface area contributed by atoms with Crippen LogP contribution in [0.15, 0.2) is 30.3 Å². The van der Waals surface area contributed by atoms with Crippen molar-refractivity contribution in [1.82, 2.24) is 4.98 Å². The van der Waals surface area contributed by atoms with Crippen LogP contribution in [-0.4, -0.2) is 16.1 Å². The topological polar surface area (TPSA) is 56.3 Å². The number of hydrogen-bond donors (Lipinski definition) is 2. The summed E-state index contributed by atoms with van der Waals surface area (Å²) < 4.78 is 0. The molecule has 1 aromatic carbocycles. The molecule has 1 aromatic heterocycles.